The molecule has 4 rings (SSSR count). The zero-order valence-corrected chi connectivity index (χ0v) is 14.8. The molecule has 25 heavy (non-hydrogen) atoms. The maximum Gasteiger partial charge on any atom is 0.222 e. The Hall–Kier alpha value is -2.34. The van der Waals surface area contributed by atoms with Crippen LogP contribution in [0, 0.1) is 0 Å². The van der Waals surface area contributed by atoms with E-state index in [9.17, 15) is 4.79 Å². The van der Waals surface area contributed by atoms with Gasteiger partial charge in [0.25, 0.3) is 0 Å². The number of fused-ring (bicyclic) bond motifs is 2. The highest BCUT2D eigenvalue weighted by Crippen LogP contribution is 2.29. The summed E-state index contributed by atoms with van der Waals surface area (Å²) in [6.07, 6.45) is 7.07. The van der Waals surface area contributed by atoms with Gasteiger partial charge in [0.1, 0.15) is 0 Å². The predicted molar refractivity (Wildman–Crippen MR) is 96.4 cm³/mol. The molecule has 1 aliphatic rings. The van der Waals surface area contributed by atoms with Gasteiger partial charge in [-0.25, -0.2) is 0 Å². The summed E-state index contributed by atoms with van der Waals surface area (Å²) in [7, 11) is 1.96. The van der Waals surface area contributed by atoms with Crippen molar-refractivity contribution in [3.8, 4) is 0 Å². The zero-order valence-electron chi connectivity index (χ0n) is 14.1. The van der Waals surface area contributed by atoms with Crippen molar-refractivity contribution in [1.29, 1.82) is 0 Å². The zero-order chi connectivity index (χ0) is 17.4. The lowest BCUT2D eigenvalue weighted by atomic mass is 9.93. The number of nitrogens with one attached hydrogen (secondary N) is 1. The lowest BCUT2D eigenvalue weighted by molar-refractivity contribution is -0.122. The molecule has 0 aliphatic heterocycles. The highest BCUT2D eigenvalue weighted by Gasteiger charge is 2.24. The van der Waals surface area contributed by atoms with Gasteiger partial charge in [-0.05, 0) is 31.4 Å². The first-order valence-corrected chi connectivity index (χ1v) is 8.91. The van der Waals surface area contributed by atoms with Crippen molar-refractivity contribution in [1.82, 2.24) is 24.9 Å². The van der Waals surface area contributed by atoms with E-state index in [0.717, 1.165) is 35.7 Å². The fourth-order valence-electron chi connectivity index (χ4n) is 3.58. The molecule has 3 aromatic rings. The Morgan fingerprint density at radius 2 is 2.24 bits per heavy atom. The van der Waals surface area contributed by atoms with Crippen molar-refractivity contribution in [3.63, 3.8) is 0 Å². The number of amides is 1. The summed E-state index contributed by atoms with van der Waals surface area (Å²) in [5.41, 5.74) is 3.33. The summed E-state index contributed by atoms with van der Waals surface area (Å²) in [6.45, 7) is 0.530. The lowest BCUT2D eigenvalue weighted by Crippen LogP contribution is -2.31. The summed E-state index contributed by atoms with van der Waals surface area (Å²) in [5.74, 6) is 0.0346. The summed E-state index contributed by atoms with van der Waals surface area (Å²) in [5, 5.41) is 13.4. The third kappa shape index (κ3) is 3.02. The van der Waals surface area contributed by atoms with Crippen LogP contribution in [0.15, 0.2) is 30.6 Å². The quantitative estimate of drug-likeness (QED) is 0.780. The second kappa shape index (κ2) is 6.52. The lowest BCUT2D eigenvalue weighted by Gasteiger charge is -2.23. The van der Waals surface area contributed by atoms with Crippen molar-refractivity contribution < 1.29 is 4.79 Å². The van der Waals surface area contributed by atoms with Crippen LogP contribution in [0.3, 0.4) is 0 Å². The van der Waals surface area contributed by atoms with E-state index in [1.807, 2.05) is 40.8 Å². The molecular formula is C18H20ClN5O. The molecule has 0 bridgehead atoms. The maximum atomic E-state index is 12.4. The van der Waals surface area contributed by atoms with Crippen LogP contribution in [0.25, 0.3) is 10.9 Å². The number of carbonyl (C=O) groups is 1. The van der Waals surface area contributed by atoms with Gasteiger partial charge < -0.3 is 5.32 Å². The molecule has 1 amide bonds. The number of halogens is 1. The van der Waals surface area contributed by atoms with E-state index in [1.165, 1.54) is 5.69 Å². The third-order valence-corrected chi connectivity index (χ3v) is 5.23. The molecule has 6 nitrogen and oxygen atoms in total. The van der Waals surface area contributed by atoms with E-state index in [0.29, 0.717) is 18.0 Å². The average molecular weight is 358 g/mol. The molecule has 130 valence electrons. The van der Waals surface area contributed by atoms with Crippen LogP contribution in [0.4, 0.5) is 0 Å². The highest BCUT2D eigenvalue weighted by atomic mass is 35.5. The fourth-order valence-corrected chi connectivity index (χ4v) is 3.79. The van der Waals surface area contributed by atoms with Gasteiger partial charge >= 0.3 is 0 Å². The second-order valence-corrected chi connectivity index (χ2v) is 6.88. The Balaban J connectivity index is 1.42. The Morgan fingerprint density at radius 3 is 3.12 bits per heavy atom. The first-order valence-electron chi connectivity index (χ1n) is 8.53. The number of carbonyl (C=O) groups excluding carboxylic acids is 1. The van der Waals surface area contributed by atoms with Crippen LogP contribution in [0.5, 0.6) is 0 Å². The standard InChI is InChI=1S/C18H20ClN5O/c1-23-16-6-3-5-15(13(16)11-20-23)22-18(25)8-9-24-17-7-2-4-14(19)12(17)10-21-24/h2,4,7,10-11,15H,3,5-6,8-9H2,1H3,(H,22,25)/t15-/m0/s1. The maximum absolute atomic E-state index is 12.4. The van der Waals surface area contributed by atoms with E-state index in [-0.39, 0.29) is 11.9 Å². The van der Waals surface area contributed by atoms with Gasteiger partial charge in [0, 0.05) is 30.1 Å². The first kappa shape index (κ1) is 16.1. The molecule has 0 fully saturated rings. The van der Waals surface area contributed by atoms with Crippen LogP contribution >= 0.6 is 11.6 Å². The summed E-state index contributed by atoms with van der Waals surface area (Å²) in [6, 6.07) is 5.77. The number of hydrogen-bond donors (Lipinski definition) is 1. The van der Waals surface area contributed by atoms with Crippen molar-refractivity contribution in [2.24, 2.45) is 7.05 Å². The smallest absolute Gasteiger partial charge is 0.222 e. The molecule has 0 saturated heterocycles. The highest BCUT2D eigenvalue weighted by molar-refractivity contribution is 6.35. The number of benzene rings is 1. The third-order valence-electron chi connectivity index (χ3n) is 4.90. The topological polar surface area (TPSA) is 64.7 Å². The average Bonchev–Trinajstić information content (AvgIpc) is 3.19. The largest absolute Gasteiger partial charge is 0.349 e. The molecule has 1 aromatic carbocycles. The van der Waals surface area contributed by atoms with E-state index < -0.39 is 0 Å². The van der Waals surface area contributed by atoms with Crippen LogP contribution in [0.2, 0.25) is 5.02 Å². The van der Waals surface area contributed by atoms with Crippen molar-refractivity contribution in [2.45, 2.75) is 38.3 Å². The number of aryl methyl sites for hydroxylation is 2. The van der Waals surface area contributed by atoms with Crippen molar-refractivity contribution in [3.05, 3.63) is 46.9 Å². The molecule has 0 saturated carbocycles. The van der Waals surface area contributed by atoms with Crippen molar-refractivity contribution >= 4 is 28.4 Å². The molecule has 7 heteroatoms. The Morgan fingerprint density at radius 1 is 1.36 bits per heavy atom. The van der Waals surface area contributed by atoms with Gasteiger partial charge in [0.2, 0.25) is 5.91 Å². The molecule has 2 aromatic heterocycles. The Kier molecular flexibility index (Phi) is 4.21. The van der Waals surface area contributed by atoms with Crippen LogP contribution in [-0.4, -0.2) is 25.5 Å². The van der Waals surface area contributed by atoms with Gasteiger partial charge in [0.15, 0.2) is 0 Å². The number of rotatable bonds is 4. The molecular weight excluding hydrogens is 338 g/mol. The molecule has 1 aliphatic carbocycles. The van der Waals surface area contributed by atoms with Crippen LogP contribution < -0.4 is 5.32 Å². The molecule has 0 unspecified atom stereocenters. The number of nitrogens with zero attached hydrogens (tertiary/aromatic N) is 4. The van der Waals surface area contributed by atoms with E-state index in [2.05, 4.69) is 15.5 Å². The molecule has 0 spiro atoms. The summed E-state index contributed by atoms with van der Waals surface area (Å²) < 4.78 is 3.74. The van der Waals surface area contributed by atoms with E-state index in [4.69, 9.17) is 11.6 Å². The van der Waals surface area contributed by atoms with Gasteiger partial charge in [0.05, 0.1) is 35.5 Å². The van der Waals surface area contributed by atoms with Crippen LogP contribution in [0.1, 0.15) is 36.6 Å². The minimum Gasteiger partial charge on any atom is -0.349 e. The molecule has 0 radical (unpaired) electrons. The van der Waals surface area contributed by atoms with Gasteiger partial charge in [-0.2, -0.15) is 10.2 Å². The minimum atomic E-state index is 0.0346. The second-order valence-electron chi connectivity index (χ2n) is 6.47. The molecule has 1 atom stereocenters. The van der Waals surface area contributed by atoms with Gasteiger partial charge in [-0.3, -0.25) is 14.2 Å². The summed E-state index contributed by atoms with van der Waals surface area (Å²) in [4.78, 5) is 12.4. The monoisotopic (exact) mass is 357 g/mol. The Labute approximate surface area is 150 Å². The van der Waals surface area contributed by atoms with Crippen LogP contribution in [-0.2, 0) is 24.8 Å². The fraction of sp³-hybridized carbons (Fsp3) is 0.389. The van der Waals surface area contributed by atoms with Crippen molar-refractivity contribution in [2.75, 3.05) is 0 Å². The first-order chi connectivity index (χ1) is 12.1. The molecule has 2 heterocycles. The van der Waals surface area contributed by atoms with Gasteiger partial charge in [-0.1, -0.05) is 17.7 Å². The normalized spacial score (nSPS) is 16.8. The number of aromatic nitrogens is 4. The minimum absolute atomic E-state index is 0.0346. The molecule has 1 N–H and O–H groups in total. The number of hydrogen-bond acceptors (Lipinski definition) is 3. The van der Waals surface area contributed by atoms with E-state index in [1.54, 1.807) is 6.20 Å². The Bertz CT molecular complexity index is 929. The SMILES string of the molecule is Cn1ncc2c1CCC[C@@H]2NC(=O)CCn1ncc2c(Cl)cccc21. The summed E-state index contributed by atoms with van der Waals surface area (Å²) >= 11 is 6.17. The van der Waals surface area contributed by atoms with E-state index >= 15 is 0 Å². The predicted octanol–water partition coefficient (Wildman–Crippen LogP) is 3.01. The van der Waals surface area contributed by atoms with Gasteiger partial charge in [-0.15, -0.1) is 0 Å².